The summed E-state index contributed by atoms with van der Waals surface area (Å²) in [4.78, 5) is 0. The van der Waals surface area contributed by atoms with E-state index in [9.17, 15) is 0 Å². The summed E-state index contributed by atoms with van der Waals surface area (Å²) < 4.78 is 0. The molecule has 0 aromatic heterocycles. The fraction of sp³-hybridized carbons (Fsp3) is 0.727. The molecule has 0 amide bonds. The van der Waals surface area contributed by atoms with Gasteiger partial charge in [0.25, 0.3) is 0 Å². The zero-order valence-electron chi connectivity index (χ0n) is 23.8. The standard InChI is InChI=1S/C33H49.2ClH.Zr/c1-23-10-16-31(4,17-11-23)28-9-7-8-26-27(28)22-29(32(5)18-12-24(2)13-19-32)30(26)33(6)20-14-25(3)15-21-33;;;/h7-9,22-25H,10-21H2,1-6H3;2*1H;/q-1;;;+2/p-2. The van der Waals surface area contributed by atoms with Crippen LogP contribution in [0.4, 0.5) is 0 Å². The van der Waals surface area contributed by atoms with Crippen molar-refractivity contribution < 1.29 is 20.8 Å². The summed E-state index contributed by atoms with van der Waals surface area (Å²) in [5, 5.41) is 3.25. The van der Waals surface area contributed by atoms with Crippen LogP contribution in [-0.4, -0.2) is 0 Å². The Balaban J connectivity index is 0.000000967. The van der Waals surface area contributed by atoms with Crippen LogP contribution in [0.25, 0.3) is 10.8 Å². The van der Waals surface area contributed by atoms with Gasteiger partial charge in [0, 0.05) is 0 Å². The molecule has 3 heteroatoms. The average Bonchev–Trinajstić information content (AvgIpc) is 3.27. The van der Waals surface area contributed by atoms with Crippen LogP contribution in [0.1, 0.15) is 135 Å². The fourth-order valence-electron chi connectivity index (χ4n) is 7.94. The molecule has 0 nitrogen and oxygen atoms in total. The van der Waals surface area contributed by atoms with E-state index in [1.807, 2.05) is 0 Å². The zero-order chi connectivity index (χ0) is 26.1. The maximum atomic E-state index is 4.93. The molecule has 0 atom stereocenters. The van der Waals surface area contributed by atoms with Crippen molar-refractivity contribution in [1.29, 1.82) is 0 Å². The molecule has 0 aliphatic heterocycles. The Hall–Kier alpha value is 0.293. The molecule has 2 aromatic carbocycles. The summed E-state index contributed by atoms with van der Waals surface area (Å²) in [6.45, 7) is 15.2. The van der Waals surface area contributed by atoms with E-state index < -0.39 is 20.8 Å². The van der Waals surface area contributed by atoms with E-state index in [4.69, 9.17) is 17.0 Å². The normalized spacial score (nSPS) is 37.3. The topological polar surface area (TPSA) is 0 Å². The third kappa shape index (κ3) is 5.90. The van der Waals surface area contributed by atoms with E-state index in [2.05, 4.69) is 65.8 Å². The van der Waals surface area contributed by atoms with Gasteiger partial charge >= 0.3 is 37.9 Å². The van der Waals surface area contributed by atoms with E-state index in [-0.39, 0.29) is 0 Å². The molecule has 3 aliphatic carbocycles. The van der Waals surface area contributed by atoms with E-state index >= 15 is 0 Å². The Labute approximate surface area is 240 Å². The van der Waals surface area contributed by atoms with Gasteiger partial charge in [-0.05, 0) is 59.7 Å². The van der Waals surface area contributed by atoms with Crippen LogP contribution in [0, 0.1) is 17.8 Å². The van der Waals surface area contributed by atoms with E-state index in [0.29, 0.717) is 16.2 Å². The predicted octanol–water partition coefficient (Wildman–Crippen LogP) is 11.3. The second kappa shape index (κ2) is 11.8. The number of halogens is 2. The molecule has 0 N–H and O–H groups in total. The van der Waals surface area contributed by atoms with Crippen molar-refractivity contribution >= 4 is 27.8 Å². The van der Waals surface area contributed by atoms with Crippen molar-refractivity contribution in [3.8, 4) is 0 Å². The monoisotopic (exact) mass is 605 g/mol. The zero-order valence-corrected chi connectivity index (χ0v) is 27.8. The first-order valence-electron chi connectivity index (χ1n) is 14.8. The van der Waals surface area contributed by atoms with Crippen LogP contribution in [0.2, 0.25) is 0 Å². The Morgan fingerprint density at radius 2 is 1.11 bits per heavy atom. The van der Waals surface area contributed by atoms with Crippen molar-refractivity contribution in [3.05, 3.63) is 41.0 Å². The quantitative estimate of drug-likeness (QED) is 0.305. The number of fused-ring (bicyclic) bond motifs is 1. The summed E-state index contributed by atoms with van der Waals surface area (Å²) in [5.74, 6) is 2.69. The first-order valence-corrected chi connectivity index (χ1v) is 21.1. The Morgan fingerprint density at radius 1 is 0.694 bits per heavy atom. The van der Waals surface area contributed by atoms with Gasteiger partial charge in [-0.1, -0.05) is 99.0 Å². The molecule has 3 fully saturated rings. The third-order valence-corrected chi connectivity index (χ3v) is 11.0. The van der Waals surface area contributed by atoms with E-state index in [0.717, 1.165) is 17.8 Å². The van der Waals surface area contributed by atoms with Crippen LogP contribution in [0.15, 0.2) is 24.3 Å². The first kappa shape index (κ1) is 29.3. The summed E-state index contributed by atoms with van der Waals surface area (Å²) in [6, 6.07) is 10.2. The van der Waals surface area contributed by atoms with Crippen molar-refractivity contribution in [1.82, 2.24) is 0 Å². The molecule has 0 radical (unpaired) electrons. The summed E-state index contributed by atoms with van der Waals surface area (Å²) in [5.41, 5.74) is 6.24. The molecule has 200 valence electrons. The second-order valence-electron chi connectivity index (χ2n) is 14.0. The van der Waals surface area contributed by atoms with Gasteiger partial charge in [-0.2, -0.15) is 0 Å². The Bertz CT molecular complexity index is 996. The maximum absolute atomic E-state index is 4.93. The summed E-state index contributed by atoms with van der Waals surface area (Å²) in [6.07, 6.45) is 16.5. The molecular weight excluding hydrogens is 558 g/mol. The Kier molecular flexibility index (Phi) is 9.60. The number of rotatable bonds is 3. The van der Waals surface area contributed by atoms with Crippen LogP contribution in [0.5, 0.6) is 0 Å². The SMILES string of the molecule is CC1CCC(C)(c2[cH-]c3c(C4(C)CCC(C)CC4)cccc3c2C2(C)CCC(C)CC2)CC1.[Cl][Zr][Cl]. The van der Waals surface area contributed by atoms with Crippen molar-refractivity contribution in [2.24, 2.45) is 17.8 Å². The van der Waals surface area contributed by atoms with Crippen LogP contribution < -0.4 is 0 Å². The molecule has 3 aliphatic rings. The molecule has 0 bridgehead atoms. The van der Waals surface area contributed by atoms with Crippen molar-refractivity contribution in [2.75, 3.05) is 0 Å². The summed E-state index contributed by atoms with van der Waals surface area (Å²) >= 11 is -0.826. The molecule has 5 rings (SSSR count). The third-order valence-electron chi connectivity index (χ3n) is 11.0. The summed E-state index contributed by atoms with van der Waals surface area (Å²) in [7, 11) is 9.87. The molecule has 2 aromatic rings. The molecule has 0 heterocycles. The van der Waals surface area contributed by atoms with E-state index in [1.165, 1.54) is 77.0 Å². The number of hydrogen-bond donors (Lipinski definition) is 0. The minimum absolute atomic E-state index is 0.344. The predicted molar refractivity (Wildman–Crippen MR) is 156 cm³/mol. The van der Waals surface area contributed by atoms with Gasteiger partial charge in [0.2, 0.25) is 0 Å². The molecule has 3 saturated carbocycles. The average molecular weight is 608 g/mol. The van der Waals surface area contributed by atoms with Crippen LogP contribution >= 0.6 is 17.0 Å². The Morgan fingerprint density at radius 3 is 1.58 bits per heavy atom. The second-order valence-corrected chi connectivity index (χ2v) is 17.7. The molecule has 0 spiro atoms. The van der Waals surface area contributed by atoms with Crippen molar-refractivity contribution in [3.63, 3.8) is 0 Å². The number of hydrogen-bond acceptors (Lipinski definition) is 0. The van der Waals surface area contributed by atoms with Crippen LogP contribution in [0.3, 0.4) is 0 Å². The van der Waals surface area contributed by atoms with Gasteiger partial charge < -0.3 is 0 Å². The van der Waals surface area contributed by atoms with Gasteiger partial charge in [-0.15, -0.1) is 45.7 Å². The van der Waals surface area contributed by atoms with E-state index in [1.54, 1.807) is 27.5 Å². The van der Waals surface area contributed by atoms with Crippen molar-refractivity contribution in [2.45, 2.75) is 135 Å². The van der Waals surface area contributed by atoms with Gasteiger partial charge in [0.15, 0.2) is 0 Å². The molecule has 36 heavy (non-hydrogen) atoms. The van der Waals surface area contributed by atoms with Gasteiger partial charge in [0.05, 0.1) is 0 Å². The molecule has 0 saturated heterocycles. The first-order chi connectivity index (χ1) is 17.0. The fourth-order valence-corrected chi connectivity index (χ4v) is 7.94. The van der Waals surface area contributed by atoms with Gasteiger partial charge in [-0.3, -0.25) is 0 Å². The van der Waals surface area contributed by atoms with Gasteiger partial charge in [-0.25, -0.2) is 0 Å². The number of benzene rings is 1. The van der Waals surface area contributed by atoms with Crippen LogP contribution in [-0.2, 0) is 37.1 Å². The van der Waals surface area contributed by atoms with Gasteiger partial charge in [0.1, 0.15) is 0 Å². The molecule has 0 unspecified atom stereocenters. The molecular formula is C33H49Cl2Zr-. The minimum atomic E-state index is -0.826.